The second kappa shape index (κ2) is 3.35. The predicted octanol–water partition coefficient (Wildman–Crippen LogP) is 0.567. The summed E-state index contributed by atoms with van der Waals surface area (Å²) in [6, 6.07) is 0. The van der Waals surface area contributed by atoms with Crippen LogP contribution in [-0.4, -0.2) is 36.8 Å². The molecule has 10 heavy (non-hydrogen) atoms. The fourth-order valence-corrected chi connectivity index (χ4v) is 1.66. The summed E-state index contributed by atoms with van der Waals surface area (Å²) in [6.45, 7) is 4.88. The predicted molar refractivity (Wildman–Crippen MR) is 41.9 cm³/mol. The van der Waals surface area contributed by atoms with E-state index in [9.17, 15) is 0 Å². The van der Waals surface area contributed by atoms with E-state index >= 15 is 0 Å². The van der Waals surface area contributed by atoms with Crippen LogP contribution >= 0.6 is 0 Å². The minimum Gasteiger partial charge on any atom is -0.396 e. The van der Waals surface area contributed by atoms with Crippen molar-refractivity contribution in [2.75, 3.05) is 26.7 Å². The number of aliphatic hydroxyl groups is 1. The van der Waals surface area contributed by atoms with Crippen molar-refractivity contribution >= 4 is 0 Å². The highest BCUT2D eigenvalue weighted by Crippen LogP contribution is 2.24. The molecule has 1 rings (SSSR count). The molecular formula is C8H17NO. The van der Waals surface area contributed by atoms with Crippen LogP contribution in [0.15, 0.2) is 0 Å². The van der Waals surface area contributed by atoms with Crippen molar-refractivity contribution in [2.24, 2.45) is 11.8 Å². The summed E-state index contributed by atoms with van der Waals surface area (Å²) in [7, 11) is 2.13. The van der Waals surface area contributed by atoms with Gasteiger partial charge in [0.25, 0.3) is 0 Å². The van der Waals surface area contributed by atoms with Crippen molar-refractivity contribution in [1.29, 1.82) is 0 Å². The van der Waals surface area contributed by atoms with E-state index in [-0.39, 0.29) is 0 Å². The van der Waals surface area contributed by atoms with Gasteiger partial charge in [0, 0.05) is 19.7 Å². The first kappa shape index (κ1) is 8.02. The van der Waals surface area contributed by atoms with Crippen LogP contribution in [0.1, 0.15) is 13.3 Å². The molecule has 1 aliphatic rings. The lowest BCUT2D eigenvalue weighted by atomic mass is 9.85. The molecule has 1 fully saturated rings. The molecule has 2 heteroatoms. The molecule has 0 radical (unpaired) electrons. The second-order valence-electron chi connectivity index (χ2n) is 3.33. The quantitative estimate of drug-likeness (QED) is 0.624. The Morgan fingerprint density at radius 1 is 1.60 bits per heavy atom. The topological polar surface area (TPSA) is 23.5 Å². The molecule has 0 amide bonds. The fraction of sp³-hybridized carbons (Fsp3) is 1.00. The first-order valence-electron chi connectivity index (χ1n) is 4.07. The van der Waals surface area contributed by atoms with Gasteiger partial charge in [0.05, 0.1) is 0 Å². The summed E-state index contributed by atoms with van der Waals surface area (Å²) in [5.74, 6) is 1.32. The van der Waals surface area contributed by atoms with Gasteiger partial charge in [-0.15, -0.1) is 0 Å². The summed E-state index contributed by atoms with van der Waals surface area (Å²) in [4.78, 5) is 2.29. The first-order chi connectivity index (χ1) is 4.77. The van der Waals surface area contributed by atoms with Crippen molar-refractivity contribution in [3.63, 3.8) is 0 Å². The Morgan fingerprint density at radius 3 is 2.50 bits per heavy atom. The Labute approximate surface area is 62.8 Å². The Kier molecular flexibility index (Phi) is 2.69. The zero-order chi connectivity index (χ0) is 7.56. The van der Waals surface area contributed by atoms with E-state index in [1.54, 1.807) is 0 Å². The summed E-state index contributed by atoms with van der Waals surface area (Å²) in [5.41, 5.74) is 0. The lowest BCUT2D eigenvalue weighted by molar-refractivity contribution is 0.0500. The first-order valence-corrected chi connectivity index (χ1v) is 4.07. The van der Waals surface area contributed by atoms with E-state index in [0.717, 1.165) is 12.3 Å². The molecule has 60 valence electrons. The van der Waals surface area contributed by atoms with Crippen LogP contribution in [0.5, 0.6) is 0 Å². The maximum atomic E-state index is 8.93. The molecule has 1 heterocycles. The largest absolute Gasteiger partial charge is 0.396 e. The zero-order valence-electron chi connectivity index (χ0n) is 6.88. The van der Waals surface area contributed by atoms with Crippen molar-refractivity contribution < 1.29 is 5.11 Å². The molecular weight excluding hydrogens is 126 g/mol. The van der Waals surface area contributed by atoms with Gasteiger partial charge in [-0.2, -0.15) is 0 Å². The molecule has 0 aromatic heterocycles. The lowest BCUT2D eigenvalue weighted by Crippen LogP contribution is -2.48. The van der Waals surface area contributed by atoms with Crippen LogP contribution in [0.2, 0.25) is 0 Å². The van der Waals surface area contributed by atoms with Crippen LogP contribution < -0.4 is 0 Å². The number of hydrogen-bond donors (Lipinski definition) is 1. The summed E-state index contributed by atoms with van der Waals surface area (Å²) < 4.78 is 0. The van der Waals surface area contributed by atoms with Gasteiger partial charge in [-0.05, 0) is 18.9 Å². The normalized spacial score (nSPS) is 24.3. The van der Waals surface area contributed by atoms with Crippen molar-refractivity contribution in [1.82, 2.24) is 4.90 Å². The zero-order valence-corrected chi connectivity index (χ0v) is 6.88. The van der Waals surface area contributed by atoms with Crippen molar-refractivity contribution in [2.45, 2.75) is 13.3 Å². The molecule has 0 spiro atoms. The molecule has 2 nitrogen and oxygen atoms in total. The van der Waals surface area contributed by atoms with Crippen molar-refractivity contribution in [3.8, 4) is 0 Å². The minimum absolute atomic E-state index is 0.370. The third kappa shape index (κ3) is 1.50. The highest BCUT2D eigenvalue weighted by atomic mass is 16.3. The van der Waals surface area contributed by atoms with Crippen LogP contribution in [0, 0.1) is 11.8 Å². The highest BCUT2D eigenvalue weighted by Gasteiger charge is 2.29. The standard InChI is InChI=1S/C8H17NO/c1-3-7(6-10)8-4-9(2)5-8/h7-8,10H,3-6H2,1-2H3. The summed E-state index contributed by atoms with van der Waals surface area (Å²) in [6.07, 6.45) is 1.12. The number of hydrogen-bond acceptors (Lipinski definition) is 2. The monoisotopic (exact) mass is 143 g/mol. The second-order valence-corrected chi connectivity index (χ2v) is 3.33. The van der Waals surface area contributed by atoms with Gasteiger partial charge >= 0.3 is 0 Å². The average molecular weight is 143 g/mol. The van der Waals surface area contributed by atoms with Crippen LogP contribution in [0.3, 0.4) is 0 Å². The van der Waals surface area contributed by atoms with Crippen LogP contribution in [0.25, 0.3) is 0 Å². The fourth-order valence-electron chi connectivity index (χ4n) is 1.66. The smallest absolute Gasteiger partial charge is 0.0462 e. The van der Waals surface area contributed by atoms with E-state index in [1.807, 2.05) is 0 Å². The van der Waals surface area contributed by atoms with E-state index in [0.29, 0.717) is 12.5 Å². The molecule has 1 unspecified atom stereocenters. The number of rotatable bonds is 3. The number of likely N-dealkylation sites (tertiary alicyclic amines) is 1. The molecule has 0 aromatic rings. The van der Waals surface area contributed by atoms with Crippen molar-refractivity contribution in [3.05, 3.63) is 0 Å². The third-order valence-electron chi connectivity index (χ3n) is 2.52. The molecule has 0 aliphatic carbocycles. The SMILES string of the molecule is CCC(CO)C1CN(C)C1. The number of nitrogens with zero attached hydrogens (tertiary/aromatic N) is 1. The third-order valence-corrected chi connectivity index (χ3v) is 2.52. The Balaban J connectivity index is 2.21. The molecule has 1 saturated heterocycles. The van der Waals surface area contributed by atoms with Gasteiger partial charge in [0.1, 0.15) is 0 Å². The molecule has 0 bridgehead atoms. The van der Waals surface area contributed by atoms with E-state index < -0.39 is 0 Å². The average Bonchev–Trinajstić information content (AvgIpc) is 1.87. The molecule has 1 atom stereocenters. The Bertz CT molecular complexity index is 95.4. The maximum Gasteiger partial charge on any atom is 0.0462 e. The van der Waals surface area contributed by atoms with Gasteiger partial charge in [0.2, 0.25) is 0 Å². The van der Waals surface area contributed by atoms with Gasteiger partial charge in [0.15, 0.2) is 0 Å². The summed E-state index contributed by atoms with van der Waals surface area (Å²) >= 11 is 0. The van der Waals surface area contributed by atoms with Gasteiger partial charge in [-0.1, -0.05) is 13.3 Å². The molecule has 1 N–H and O–H groups in total. The van der Waals surface area contributed by atoms with E-state index in [4.69, 9.17) is 5.11 Å². The van der Waals surface area contributed by atoms with E-state index in [1.165, 1.54) is 13.1 Å². The van der Waals surface area contributed by atoms with Gasteiger partial charge < -0.3 is 10.0 Å². The summed E-state index contributed by atoms with van der Waals surface area (Å²) in [5, 5.41) is 8.93. The van der Waals surface area contributed by atoms with Gasteiger partial charge in [-0.25, -0.2) is 0 Å². The number of aliphatic hydroxyl groups excluding tert-OH is 1. The minimum atomic E-state index is 0.370. The Morgan fingerprint density at radius 2 is 2.20 bits per heavy atom. The van der Waals surface area contributed by atoms with Crippen LogP contribution in [0.4, 0.5) is 0 Å². The van der Waals surface area contributed by atoms with Gasteiger partial charge in [-0.3, -0.25) is 0 Å². The molecule has 0 saturated carbocycles. The van der Waals surface area contributed by atoms with E-state index in [2.05, 4.69) is 18.9 Å². The highest BCUT2D eigenvalue weighted by molar-refractivity contribution is 4.81. The molecule has 1 aliphatic heterocycles. The van der Waals surface area contributed by atoms with Crippen LogP contribution in [-0.2, 0) is 0 Å². The maximum absolute atomic E-state index is 8.93. The molecule has 0 aromatic carbocycles. The lowest BCUT2D eigenvalue weighted by Gasteiger charge is -2.40. The Hall–Kier alpha value is -0.0800.